The van der Waals surface area contributed by atoms with Crippen LogP contribution in [0, 0.1) is 20.8 Å². The van der Waals surface area contributed by atoms with E-state index in [9.17, 15) is 0 Å². The van der Waals surface area contributed by atoms with E-state index in [1.807, 2.05) is 19.3 Å². The molecule has 0 unspecified atom stereocenters. The number of hydrogen-bond donors (Lipinski definition) is 0. The van der Waals surface area contributed by atoms with Crippen LogP contribution in [0.3, 0.4) is 0 Å². The first kappa shape index (κ1) is 13.9. The molecule has 112 valence electrons. The number of aryl methyl sites for hydroxylation is 3. The normalized spacial score (nSPS) is 11.3. The van der Waals surface area contributed by atoms with Crippen LogP contribution in [0.2, 0.25) is 0 Å². The van der Waals surface area contributed by atoms with Gasteiger partial charge in [0.15, 0.2) is 0 Å². The van der Waals surface area contributed by atoms with Gasteiger partial charge < -0.3 is 0 Å². The van der Waals surface area contributed by atoms with Gasteiger partial charge in [0.25, 0.3) is 0 Å². The molecule has 0 saturated heterocycles. The maximum Gasteiger partial charge on any atom is 0.0780 e. The molecule has 0 bridgehead atoms. The van der Waals surface area contributed by atoms with Crippen LogP contribution >= 0.6 is 0 Å². The molecule has 0 radical (unpaired) electrons. The Kier molecular flexibility index (Phi) is 3.12. The Hall–Kier alpha value is -2.74. The van der Waals surface area contributed by atoms with Gasteiger partial charge in [-0.05, 0) is 60.9 Å². The predicted molar refractivity (Wildman–Crippen MR) is 96.7 cm³/mol. The van der Waals surface area contributed by atoms with Crippen LogP contribution in [0.15, 0.2) is 54.9 Å². The minimum Gasteiger partial charge on any atom is -0.261 e. The van der Waals surface area contributed by atoms with Crippen molar-refractivity contribution in [2.75, 3.05) is 0 Å². The minimum absolute atomic E-state index is 1.04. The molecule has 4 rings (SSSR count). The number of fused-ring (bicyclic) bond motifs is 3. The quantitative estimate of drug-likeness (QED) is 0.441. The van der Waals surface area contributed by atoms with Crippen LogP contribution in [-0.2, 0) is 0 Å². The summed E-state index contributed by atoms with van der Waals surface area (Å²) >= 11 is 0. The fourth-order valence-corrected chi connectivity index (χ4v) is 3.11. The van der Waals surface area contributed by atoms with E-state index in [1.54, 1.807) is 0 Å². The van der Waals surface area contributed by atoms with Gasteiger partial charge in [-0.1, -0.05) is 24.3 Å². The molecule has 4 aromatic rings. The molecule has 23 heavy (non-hydrogen) atoms. The van der Waals surface area contributed by atoms with Gasteiger partial charge in [0.2, 0.25) is 0 Å². The van der Waals surface area contributed by atoms with Crippen molar-refractivity contribution < 1.29 is 0 Å². The van der Waals surface area contributed by atoms with E-state index < -0.39 is 0 Å². The monoisotopic (exact) mass is 298 g/mol. The van der Waals surface area contributed by atoms with Crippen LogP contribution in [0.5, 0.6) is 0 Å². The third-order valence-electron chi connectivity index (χ3n) is 4.56. The van der Waals surface area contributed by atoms with Crippen LogP contribution in [0.1, 0.15) is 16.8 Å². The van der Waals surface area contributed by atoms with Gasteiger partial charge in [-0.3, -0.25) is 9.97 Å². The number of pyridine rings is 2. The number of hydrogen-bond acceptors (Lipinski definition) is 2. The van der Waals surface area contributed by atoms with Crippen LogP contribution in [0.25, 0.3) is 32.8 Å². The third kappa shape index (κ3) is 2.27. The number of rotatable bonds is 1. The lowest BCUT2D eigenvalue weighted by atomic mass is 9.97. The Balaban J connectivity index is 2.06. The average molecular weight is 298 g/mol. The summed E-state index contributed by atoms with van der Waals surface area (Å²) in [4.78, 5) is 9.06. The molecule has 2 aromatic heterocycles. The summed E-state index contributed by atoms with van der Waals surface area (Å²) in [5, 5.41) is 4.83. The second-order valence-electron chi connectivity index (χ2n) is 6.17. The summed E-state index contributed by atoms with van der Waals surface area (Å²) in [6.45, 7) is 6.32. The summed E-state index contributed by atoms with van der Waals surface area (Å²) in [6, 6.07) is 15.1. The molecule has 0 saturated carbocycles. The zero-order valence-electron chi connectivity index (χ0n) is 13.6. The Labute approximate surface area is 135 Å². The smallest absolute Gasteiger partial charge is 0.0780 e. The van der Waals surface area contributed by atoms with Crippen LogP contribution < -0.4 is 0 Å². The minimum atomic E-state index is 1.04. The van der Waals surface area contributed by atoms with Crippen molar-refractivity contribution in [3.05, 3.63) is 71.7 Å². The maximum absolute atomic E-state index is 4.66. The molecule has 2 heteroatoms. The molecule has 2 nitrogen and oxygen atoms in total. The maximum atomic E-state index is 4.66. The molecule has 0 aliphatic carbocycles. The Morgan fingerprint density at radius 3 is 2.39 bits per heavy atom. The highest BCUT2D eigenvalue weighted by Crippen LogP contribution is 2.32. The van der Waals surface area contributed by atoms with Gasteiger partial charge in [-0.25, -0.2) is 0 Å². The average Bonchev–Trinajstić information content (AvgIpc) is 2.56. The lowest BCUT2D eigenvalue weighted by molar-refractivity contribution is 1.23. The van der Waals surface area contributed by atoms with Crippen LogP contribution in [-0.4, -0.2) is 9.97 Å². The fraction of sp³-hybridized carbons (Fsp3) is 0.143. The van der Waals surface area contributed by atoms with E-state index in [-0.39, 0.29) is 0 Å². The first-order chi connectivity index (χ1) is 11.1. The van der Waals surface area contributed by atoms with Crippen molar-refractivity contribution in [1.82, 2.24) is 9.97 Å². The molecule has 0 spiro atoms. The van der Waals surface area contributed by atoms with Gasteiger partial charge in [0.05, 0.1) is 5.69 Å². The summed E-state index contributed by atoms with van der Waals surface area (Å²) in [6.07, 6.45) is 3.85. The molecule has 0 amide bonds. The second kappa shape index (κ2) is 5.17. The Morgan fingerprint density at radius 1 is 0.696 bits per heavy atom. The second-order valence-corrected chi connectivity index (χ2v) is 6.17. The largest absolute Gasteiger partial charge is 0.261 e. The van der Waals surface area contributed by atoms with E-state index in [0.29, 0.717) is 0 Å². The lowest BCUT2D eigenvalue weighted by Crippen LogP contribution is -1.90. The SMILES string of the molecule is Cc1cc2c(ccc3c(-c4ccc(C)c(C)c4)nccc32)cn1. The summed E-state index contributed by atoms with van der Waals surface area (Å²) in [7, 11) is 0. The number of benzene rings is 2. The molecule has 0 N–H and O–H groups in total. The van der Waals surface area contributed by atoms with E-state index in [1.165, 1.54) is 38.2 Å². The molecular weight excluding hydrogens is 280 g/mol. The first-order valence-electron chi connectivity index (χ1n) is 7.85. The standard InChI is InChI=1S/C21H18N2/c1-13-4-5-16(10-14(13)2)21-19-7-6-17-12-23-15(3)11-20(17)18(19)8-9-22-21/h4-12H,1-3H3. The molecule has 0 aliphatic heterocycles. The molecule has 0 atom stereocenters. The summed E-state index contributed by atoms with van der Waals surface area (Å²) in [5.41, 5.74) is 5.85. The topological polar surface area (TPSA) is 25.8 Å². The number of aromatic nitrogens is 2. The van der Waals surface area contributed by atoms with E-state index in [4.69, 9.17) is 0 Å². The lowest BCUT2D eigenvalue weighted by Gasteiger charge is -2.10. The molecule has 0 fully saturated rings. The zero-order valence-corrected chi connectivity index (χ0v) is 13.6. The Morgan fingerprint density at radius 2 is 1.57 bits per heavy atom. The van der Waals surface area contributed by atoms with Crippen molar-refractivity contribution in [2.24, 2.45) is 0 Å². The highest BCUT2D eigenvalue weighted by molar-refractivity contribution is 6.11. The van der Waals surface area contributed by atoms with Crippen LogP contribution in [0.4, 0.5) is 0 Å². The molecule has 0 aliphatic rings. The Bertz CT molecular complexity index is 1050. The van der Waals surface area contributed by atoms with Gasteiger partial charge in [-0.2, -0.15) is 0 Å². The third-order valence-corrected chi connectivity index (χ3v) is 4.56. The molecular formula is C21H18N2. The molecule has 2 aromatic carbocycles. The predicted octanol–water partition coefficient (Wildman–Crippen LogP) is 5.38. The van der Waals surface area contributed by atoms with Gasteiger partial charge in [0.1, 0.15) is 0 Å². The highest BCUT2D eigenvalue weighted by Gasteiger charge is 2.09. The van der Waals surface area contributed by atoms with E-state index >= 15 is 0 Å². The molecule has 2 heterocycles. The van der Waals surface area contributed by atoms with Gasteiger partial charge >= 0.3 is 0 Å². The summed E-state index contributed by atoms with van der Waals surface area (Å²) in [5.74, 6) is 0. The van der Waals surface area contributed by atoms with E-state index in [0.717, 1.165) is 11.4 Å². The zero-order chi connectivity index (χ0) is 16.0. The van der Waals surface area contributed by atoms with Gasteiger partial charge in [0, 0.05) is 34.4 Å². The van der Waals surface area contributed by atoms with Crippen molar-refractivity contribution in [3.63, 3.8) is 0 Å². The fourth-order valence-electron chi connectivity index (χ4n) is 3.11. The van der Waals surface area contributed by atoms with Crippen molar-refractivity contribution in [2.45, 2.75) is 20.8 Å². The van der Waals surface area contributed by atoms with Crippen molar-refractivity contribution in [1.29, 1.82) is 0 Å². The van der Waals surface area contributed by atoms with E-state index in [2.05, 4.69) is 66.3 Å². The number of nitrogens with zero attached hydrogens (tertiary/aromatic N) is 2. The van der Waals surface area contributed by atoms with Crippen molar-refractivity contribution >= 4 is 21.5 Å². The van der Waals surface area contributed by atoms with Gasteiger partial charge in [-0.15, -0.1) is 0 Å². The highest BCUT2D eigenvalue weighted by atomic mass is 14.7. The summed E-state index contributed by atoms with van der Waals surface area (Å²) < 4.78 is 0. The van der Waals surface area contributed by atoms with Crippen molar-refractivity contribution in [3.8, 4) is 11.3 Å². The first-order valence-corrected chi connectivity index (χ1v) is 7.85.